The van der Waals surface area contributed by atoms with Gasteiger partial charge in [-0.05, 0) is 43.9 Å². The lowest BCUT2D eigenvalue weighted by atomic mass is 10.0. The summed E-state index contributed by atoms with van der Waals surface area (Å²) in [6.45, 7) is 3.02. The van der Waals surface area contributed by atoms with E-state index in [-0.39, 0.29) is 0 Å². The minimum atomic E-state index is 0.786. The van der Waals surface area contributed by atoms with Crippen molar-refractivity contribution in [2.24, 2.45) is 10.8 Å². The van der Waals surface area contributed by atoms with Crippen LogP contribution in [0.15, 0.2) is 96.0 Å². The summed E-state index contributed by atoms with van der Waals surface area (Å²) in [5.74, 6) is 8.33. The molecule has 4 rings (SSSR count). The Bertz CT molecular complexity index is 1060. The molecule has 0 saturated carbocycles. The lowest BCUT2D eigenvalue weighted by Gasteiger charge is -2.27. The van der Waals surface area contributed by atoms with Gasteiger partial charge >= 0.3 is 0 Å². The van der Waals surface area contributed by atoms with Gasteiger partial charge in [-0.25, -0.2) is 15.8 Å². The zero-order valence-electron chi connectivity index (χ0n) is 17.3. The topological polar surface area (TPSA) is 59.4 Å². The van der Waals surface area contributed by atoms with Crippen LogP contribution in [-0.4, -0.2) is 20.3 Å². The molecule has 0 saturated heterocycles. The third kappa shape index (κ3) is 4.58. The highest BCUT2D eigenvalue weighted by Gasteiger charge is 2.19. The normalized spacial score (nSPS) is 15.3. The van der Waals surface area contributed by atoms with E-state index in [1.165, 1.54) is 0 Å². The van der Waals surface area contributed by atoms with Gasteiger partial charge in [0.2, 0.25) is 0 Å². The molecule has 5 nitrogen and oxygen atoms in total. The van der Waals surface area contributed by atoms with E-state index in [9.17, 15) is 0 Å². The quantitative estimate of drug-likeness (QED) is 0.455. The SMILES string of the molecule is Cc1nccn1CCCC/C=C1/N=C(c2ccccc2)C=C(c2ccccc2)N1N. The summed E-state index contributed by atoms with van der Waals surface area (Å²) in [7, 11) is 0. The second kappa shape index (κ2) is 9.37. The number of rotatable bonds is 7. The second-order valence-corrected chi connectivity index (χ2v) is 7.35. The molecule has 1 aliphatic rings. The van der Waals surface area contributed by atoms with Crippen LogP contribution in [0.4, 0.5) is 0 Å². The van der Waals surface area contributed by atoms with Crippen molar-refractivity contribution in [2.75, 3.05) is 0 Å². The van der Waals surface area contributed by atoms with E-state index in [4.69, 9.17) is 10.8 Å². The van der Waals surface area contributed by atoms with Crippen LogP contribution in [0.2, 0.25) is 0 Å². The summed E-state index contributed by atoms with van der Waals surface area (Å²) in [5.41, 5.74) is 4.03. The van der Waals surface area contributed by atoms with Crippen molar-refractivity contribution in [3.05, 3.63) is 108 Å². The number of aryl methyl sites for hydroxylation is 2. The standard InChI is InChI=1S/C25H27N5/c1-20-27-16-18-29(20)17-10-4-9-15-25-28-23(21-11-5-2-6-12-21)19-24(30(25)26)22-13-7-3-8-14-22/h2-3,5-8,11-16,18-19H,4,9-10,17,26H2,1H3/b25-15-. The molecule has 152 valence electrons. The highest BCUT2D eigenvalue weighted by atomic mass is 15.5. The molecule has 0 unspecified atom stereocenters. The van der Waals surface area contributed by atoms with Crippen LogP contribution in [0.1, 0.15) is 36.2 Å². The number of aromatic nitrogens is 2. The number of nitrogens with two attached hydrogens (primary N) is 1. The largest absolute Gasteiger partial charge is 0.335 e. The predicted molar refractivity (Wildman–Crippen MR) is 122 cm³/mol. The van der Waals surface area contributed by atoms with Crippen molar-refractivity contribution >= 4 is 11.4 Å². The molecule has 30 heavy (non-hydrogen) atoms. The zero-order chi connectivity index (χ0) is 20.8. The van der Waals surface area contributed by atoms with Crippen LogP contribution in [-0.2, 0) is 6.54 Å². The fourth-order valence-electron chi connectivity index (χ4n) is 3.56. The molecular weight excluding hydrogens is 370 g/mol. The molecule has 0 fully saturated rings. The molecule has 0 spiro atoms. The maximum Gasteiger partial charge on any atom is 0.143 e. The number of aliphatic imine (C=N–C) groups is 1. The fraction of sp³-hybridized carbons (Fsp3) is 0.200. The average Bonchev–Trinajstić information content (AvgIpc) is 3.20. The molecule has 3 aromatic rings. The molecule has 0 aliphatic carbocycles. The number of unbranched alkanes of at least 4 members (excludes halogenated alkanes) is 2. The van der Waals surface area contributed by atoms with Gasteiger partial charge in [-0.1, -0.05) is 60.7 Å². The summed E-state index contributed by atoms with van der Waals surface area (Å²) in [4.78, 5) is 9.13. The number of nitrogens with zero attached hydrogens (tertiary/aromatic N) is 4. The Balaban J connectivity index is 1.52. The van der Waals surface area contributed by atoms with Gasteiger partial charge in [0, 0.05) is 24.5 Å². The third-order valence-corrected chi connectivity index (χ3v) is 5.26. The predicted octanol–water partition coefficient (Wildman–Crippen LogP) is 4.92. The molecule has 5 heteroatoms. The Kier molecular flexibility index (Phi) is 6.20. The van der Waals surface area contributed by atoms with E-state index in [0.717, 1.165) is 60.0 Å². The van der Waals surface area contributed by atoms with Crippen molar-refractivity contribution < 1.29 is 0 Å². The number of hydrazine groups is 1. The Labute approximate surface area is 177 Å². The Morgan fingerprint density at radius 2 is 1.63 bits per heavy atom. The van der Waals surface area contributed by atoms with Gasteiger partial charge in [-0.2, -0.15) is 0 Å². The highest BCUT2D eigenvalue weighted by molar-refractivity contribution is 6.13. The number of allylic oxidation sites excluding steroid dienone is 2. The monoisotopic (exact) mass is 397 g/mol. The maximum absolute atomic E-state index is 6.48. The molecule has 0 bridgehead atoms. The van der Waals surface area contributed by atoms with E-state index in [2.05, 4.69) is 46.0 Å². The fourth-order valence-corrected chi connectivity index (χ4v) is 3.56. The first-order valence-corrected chi connectivity index (χ1v) is 10.4. The molecular formula is C25H27N5. The molecule has 2 heterocycles. The first kappa shape index (κ1) is 19.9. The third-order valence-electron chi connectivity index (χ3n) is 5.26. The van der Waals surface area contributed by atoms with E-state index >= 15 is 0 Å². The van der Waals surface area contributed by atoms with Crippen LogP contribution in [0.3, 0.4) is 0 Å². The van der Waals surface area contributed by atoms with Crippen molar-refractivity contribution in [2.45, 2.75) is 32.7 Å². The van der Waals surface area contributed by atoms with Crippen LogP contribution < -0.4 is 5.84 Å². The van der Waals surface area contributed by atoms with Crippen LogP contribution in [0.5, 0.6) is 0 Å². The van der Waals surface area contributed by atoms with Gasteiger partial charge < -0.3 is 4.57 Å². The lowest BCUT2D eigenvalue weighted by Crippen LogP contribution is -2.31. The number of hydrogen-bond acceptors (Lipinski definition) is 4. The van der Waals surface area contributed by atoms with Crippen molar-refractivity contribution in [3.63, 3.8) is 0 Å². The van der Waals surface area contributed by atoms with Crippen LogP contribution in [0.25, 0.3) is 5.70 Å². The molecule has 0 atom stereocenters. The van der Waals surface area contributed by atoms with Gasteiger partial charge in [-0.3, -0.25) is 5.01 Å². The van der Waals surface area contributed by atoms with Gasteiger partial charge in [0.1, 0.15) is 11.6 Å². The summed E-state index contributed by atoms with van der Waals surface area (Å²) in [6.07, 6.45) is 11.2. The van der Waals surface area contributed by atoms with Crippen molar-refractivity contribution in [1.82, 2.24) is 14.6 Å². The molecule has 1 aromatic heterocycles. The molecule has 1 aliphatic heterocycles. The summed E-state index contributed by atoms with van der Waals surface area (Å²) in [6, 6.07) is 20.5. The van der Waals surface area contributed by atoms with Gasteiger partial charge in [0.25, 0.3) is 0 Å². The summed E-state index contributed by atoms with van der Waals surface area (Å²) in [5, 5.41) is 1.70. The average molecular weight is 398 g/mol. The minimum absolute atomic E-state index is 0.786. The highest BCUT2D eigenvalue weighted by Crippen LogP contribution is 2.27. The molecule has 2 N–H and O–H groups in total. The van der Waals surface area contributed by atoms with E-state index in [1.807, 2.05) is 55.7 Å². The zero-order valence-corrected chi connectivity index (χ0v) is 17.3. The smallest absolute Gasteiger partial charge is 0.143 e. The summed E-state index contributed by atoms with van der Waals surface area (Å²) >= 11 is 0. The number of hydrogen-bond donors (Lipinski definition) is 1. The first-order valence-electron chi connectivity index (χ1n) is 10.4. The van der Waals surface area contributed by atoms with E-state index in [0.29, 0.717) is 0 Å². The van der Waals surface area contributed by atoms with Gasteiger partial charge in [0.15, 0.2) is 0 Å². The van der Waals surface area contributed by atoms with Crippen LogP contribution >= 0.6 is 0 Å². The second-order valence-electron chi connectivity index (χ2n) is 7.35. The summed E-state index contributed by atoms with van der Waals surface area (Å²) < 4.78 is 2.19. The number of imidazole rings is 1. The van der Waals surface area contributed by atoms with Gasteiger partial charge in [-0.15, -0.1) is 0 Å². The van der Waals surface area contributed by atoms with Crippen molar-refractivity contribution in [3.8, 4) is 0 Å². The Morgan fingerprint density at radius 1 is 0.933 bits per heavy atom. The maximum atomic E-state index is 6.48. The van der Waals surface area contributed by atoms with E-state index < -0.39 is 0 Å². The van der Waals surface area contributed by atoms with Crippen LogP contribution in [0, 0.1) is 6.92 Å². The molecule has 2 aromatic carbocycles. The Morgan fingerprint density at radius 3 is 2.30 bits per heavy atom. The lowest BCUT2D eigenvalue weighted by molar-refractivity contribution is 0.503. The van der Waals surface area contributed by atoms with E-state index in [1.54, 1.807) is 5.01 Å². The van der Waals surface area contributed by atoms with Gasteiger partial charge in [0.05, 0.1) is 11.4 Å². The number of benzene rings is 2. The van der Waals surface area contributed by atoms with Crippen molar-refractivity contribution in [1.29, 1.82) is 0 Å². The molecule has 0 amide bonds. The minimum Gasteiger partial charge on any atom is -0.335 e. The first-order chi connectivity index (χ1) is 14.7. The Hall–Kier alpha value is -3.44. The molecule has 0 radical (unpaired) electrons.